The number of nitrogens with zero attached hydrogens (tertiary/aromatic N) is 4. The summed E-state index contributed by atoms with van der Waals surface area (Å²) in [5.41, 5.74) is 1.96. The van der Waals surface area contributed by atoms with E-state index in [1.807, 2.05) is 54.3 Å². The average Bonchev–Trinajstić information content (AvgIpc) is 3.54. The van der Waals surface area contributed by atoms with Gasteiger partial charge in [-0.2, -0.15) is 0 Å². The fraction of sp³-hybridized carbons (Fsp3) is 0.370. The van der Waals surface area contributed by atoms with Crippen molar-refractivity contribution in [2.75, 3.05) is 29.9 Å². The number of anilines is 2. The number of nitrogens with one attached hydrogen (secondary N) is 1. The monoisotopic (exact) mass is 535 g/mol. The summed E-state index contributed by atoms with van der Waals surface area (Å²) in [5, 5.41) is 12.6. The van der Waals surface area contributed by atoms with Gasteiger partial charge in [0.15, 0.2) is 0 Å². The van der Waals surface area contributed by atoms with Crippen LogP contribution in [0.4, 0.5) is 10.8 Å². The quantitative estimate of drug-likeness (QED) is 0.452. The van der Waals surface area contributed by atoms with E-state index >= 15 is 0 Å². The van der Waals surface area contributed by atoms with Crippen LogP contribution in [-0.4, -0.2) is 52.5 Å². The maximum atomic E-state index is 13.1. The number of hydrogen-bond acceptors (Lipinski definition) is 7. The van der Waals surface area contributed by atoms with E-state index < -0.39 is 0 Å². The lowest BCUT2D eigenvalue weighted by Gasteiger charge is -2.32. The Kier molecular flexibility index (Phi) is 7.85. The third kappa shape index (κ3) is 6.19. The van der Waals surface area contributed by atoms with Crippen molar-refractivity contribution >= 4 is 51.6 Å². The normalized spacial score (nSPS) is 18.3. The van der Waals surface area contributed by atoms with Crippen LogP contribution in [0.25, 0.3) is 0 Å². The van der Waals surface area contributed by atoms with Crippen LogP contribution in [0.5, 0.6) is 0 Å². The molecule has 5 rings (SSSR count). The summed E-state index contributed by atoms with van der Waals surface area (Å²) in [4.78, 5) is 43.2. The molecule has 0 aliphatic carbocycles. The van der Waals surface area contributed by atoms with E-state index in [2.05, 4.69) is 27.6 Å². The van der Waals surface area contributed by atoms with E-state index in [-0.39, 0.29) is 36.0 Å². The summed E-state index contributed by atoms with van der Waals surface area (Å²) in [6, 6.07) is 17.9. The molecule has 3 amide bonds. The van der Waals surface area contributed by atoms with Crippen LogP contribution in [0, 0.1) is 18.8 Å². The Morgan fingerprint density at radius 1 is 1.03 bits per heavy atom. The largest absolute Gasteiger partial charge is 0.342 e. The molecule has 2 aliphatic heterocycles. The molecular weight excluding hydrogens is 506 g/mol. The Labute approximate surface area is 224 Å². The average molecular weight is 536 g/mol. The fourth-order valence-corrected chi connectivity index (χ4v) is 6.35. The molecule has 2 aliphatic rings. The van der Waals surface area contributed by atoms with Gasteiger partial charge in [0.05, 0.1) is 11.7 Å². The highest BCUT2D eigenvalue weighted by atomic mass is 32.2. The number of amides is 3. The van der Waals surface area contributed by atoms with Crippen LogP contribution in [0.1, 0.15) is 29.8 Å². The van der Waals surface area contributed by atoms with Gasteiger partial charge in [-0.1, -0.05) is 47.2 Å². The van der Waals surface area contributed by atoms with Crippen LogP contribution >= 0.6 is 23.1 Å². The molecule has 1 unspecified atom stereocenters. The van der Waals surface area contributed by atoms with Crippen LogP contribution in [-0.2, 0) is 20.1 Å². The van der Waals surface area contributed by atoms with Gasteiger partial charge < -0.3 is 15.1 Å². The van der Waals surface area contributed by atoms with Crippen molar-refractivity contribution in [3.63, 3.8) is 0 Å². The third-order valence-electron chi connectivity index (χ3n) is 6.80. The molecule has 1 atom stereocenters. The molecule has 10 heteroatoms. The number of aryl methyl sites for hydroxylation is 1. The van der Waals surface area contributed by atoms with E-state index in [9.17, 15) is 14.4 Å². The highest BCUT2D eigenvalue weighted by Crippen LogP contribution is 2.29. The summed E-state index contributed by atoms with van der Waals surface area (Å²) < 4.78 is 0. The maximum Gasteiger partial charge on any atom is 0.229 e. The van der Waals surface area contributed by atoms with E-state index in [1.165, 1.54) is 11.3 Å². The first kappa shape index (κ1) is 25.4. The summed E-state index contributed by atoms with van der Waals surface area (Å²) >= 11 is 3.07. The molecule has 192 valence electrons. The highest BCUT2D eigenvalue weighted by Gasteiger charge is 2.38. The standard InChI is InChI=1S/C27H29N5O3S2/c1-18-7-9-21(10-8-18)32-16-20(15-24(32)33)26(35)31-13-11-19(12-14-31)25(34)28-27-30-29-23(37-27)17-36-22-5-3-2-4-6-22/h2-10,19-20H,11-17H2,1H3,(H,28,30,34). The number of hydrogen-bond donors (Lipinski definition) is 1. The van der Waals surface area contributed by atoms with Gasteiger partial charge in [-0.05, 0) is 44.0 Å². The number of thioether (sulfide) groups is 1. The molecule has 2 saturated heterocycles. The van der Waals surface area contributed by atoms with Crippen molar-refractivity contribution in [1.29, 1.82) is 0 Å². The first-order chi connectivity index (χ1) is 18.0. The number of carbonyl (C=O) groups excluding carboxylic acids is 3. The van der Waals surface area contributed by atoms with Gasteiger partial charge in [-0.15, -0.1) is 22.0 Å². The van der Waals surface area contributed by atoms with E-state index in [0.29, 0.717) is 43.4 Å². The minimum Gasteiger partial charge on any atom is -0.342 e. The molecule has 0 spiro atoms. The van der Waals surface area contributed by atoms with E-state index in [4.69, 9.17) is 0 Å². The Morgan fingerprint density at radius 2 is 1.76 bits per heavy atom. The molecule has 0 radical (unpaired) electrons. The maximum absolute atomic E-state index is 13.1. The molecule has 2 aromatic carbocycles. The molecule has 37 heavy (non-hydrogen) atoms. The molecule has 2 fully saturated rings. The molecule has 1 aromatic heterocycles. The lowest BCUT2D eigenvalue weighted by atomic mass is 9.94. The molecule has 8 nitrogen and oxygen atoms in total. The Balaban J connectivity index is 1.08. The van der Waals surface area contributed by atoms with Gasteiger partial charge in [-0.3, -0.25) is 14.4 Å². The SMILES string of the molecule is Cc1ccc(N2CC(C(=O)N3CCC(C(=O)Nc4nnc(CSc5ccccc5)s4)CC3)CC2=O)cc1. The summed E-state index contributed by atoms with van der Waals surface area (Å²) in [5.74, 6) is 0.0917. The minimum atomic E-state index is -0.340. The highest BCUT2D eigenvalue weighted by molar-refractivity contribution is 7.98. The first-order valence-electron chi connectivity index (χ1n) is 12.4. The zero-order chi connectivity index (χ0) is 25.8. The molecule has 0 saturated carbocycles. The van der Waals surface area contributed by atoms with Crippen molar-refractivity contribution in [2.45, 2.75) is 36.8 Å². The second kappa shape index (κ2) is 11.4. The van der Waals surface area contributed by atoms with Gasteiger partial charge in [-0.25, -0.2) is 0 Å². The number of carbonyl (C=O) groups is 3. The second-order valence-electron chi connectivity index (χ2n) is 9.43. The van der Waals surface area contributed by atoms with Gasteiger partial charge in [0.2, 0.25) is 22.9 Å². The predicted molar refractivity (Wildman–Crippen MR) is 145 cm³/mol. The topological polar surface area (TPSA) is 95.5 Å². The first-order valence-corrected chi connectivity index (χ1v) is 14.2. The number of aromatic nitrogens is 2. The second-order valence-corrected chi connectivity index (χ2v) is 11.5. The van der Waals surface area contributed by atoms with Gasteiger partial charge in [0.25, 0.3) is 0 Å². The number of benzene rings is 2. The number of piperidine rings is 1. The zero-order valence-corrected chi connectivity index (χ0v) is 22.3. The summed E-state index contributed by atoms with van der Waals surface area (Å²) in [7, 11) is 0. The molecule has 3 heterocycles. The zero-order valence-electron chi connectivity index (χ0n) is 20.6. The number of likely N-dealkylation sites (tertiary alicyclic amines) is 1. The van der Waals surface area contributed by atoms with Crippen molar-refractivity contribution in [3.05, 3.63) is 65.2 Å². The number of rotatable bonds is 7. The van der Waals surface area contributed by atoms with Crippen LogP contribution in [0.15, 0.2) is 59.5 Å². The van der Waals surface area contributed by atoms with Gasteiger partial charge >= 0.3 is 0 Å². The van der Waals surface area contributed by atoms with E-state index in [0.717, 1.165) is 21.2 Å². The lowest BCUT2D eigenvalue weighted by molar-refractivity contribution is -0.138. The summed E-state index contributed by atoms with van der Waals surface area (Å²) in [6.07, 6.45) is 1.42. The molecule has 0 bridgehead atoms. The van der Waals surface area contributed by atoms with Crippen molar-refractivity contribution in [1.82, 2.24) is 15.1 Å². The van der Waals surface area contributed by atoms with Crippen molar-refractivity contribution in [3.8, 4) is 0 Å². The third-order valence-corrected chi connectivity index (χ3v) is 8.84. The summed E-state index contributed by atoms with van der Waals surface area (Å²) in [6.45, 7) is 3.44. The Bertz CT molecular complexity index is 1260. The van der Waals surface area contributed by atoms with Crippen molar-refractivity contribution < 1.29 is 14.4 Å². The van der Waals surface area contributed by atoms with Crippen LogP contribution in [0.3, 0.4) is 0 Å². The van der Waals surface area contributed by atoms with E-state index in [1.54, 1.807) is 16.7 Å². The predicted octanol–water partition coefficient (Wildman–Crippen LogP) is 4.37. The Morgan fingerprint density at radius 3 is 2.49 bits per heavy atom. The molecule has 3 aromatic rings. The van der Waals surface area contributed by atoms with Crippen LogP contribution < -0.4 is 10.2 Å². The van der Waals surface area contributed by atoms with Gasteiger partial charge in [0, 0.05) is 42.6 Å². The molecule has 1 N–H and O–H groups in total. The minimum absolute atomic E-state index is 0.00602. The Hall–Kier alpha value is -3.24. The lowest BCUT2D eigenvalue weighted by Crippen LogP contribution is -2.44. The smallest absolute Gasteiger partial charge is 0.229 e. The molecular formula is C27H29N5O3S2. The van der Waals surface area contributed by atoms with Crippen LogP contribution in [0.2, 0.25) is 0 Å². The van der Waals surface area contributed by atoms with Gasteiger partial charge in [0.1, 0.15) is 5.01 Å². The fourth-order valence-electron chi connectivity index (χ4n) is 4.70. The van der Waals surface area contributed by atoms with Crippen molar-refractivity contribution in [2.24, 2.45) is 11.8 Å².